The zero-order chi connectivity index (χ0) is 31.3. The van der Waals surface area contributed by atoms with E-state index >= 15 is 0 Å². The Kier molecular flexibility index (Phi) is 8.96. The summed E-state index contributed by atoms with van der Waals surface area (Å²) in [6.07, 6.45) is 1.53. The van der Waals surface area contributed by atoms with Gasteiger partial charge in [0.1, 0.15) is 24.7 Å². The van der Waals surface area contributed by atoms with Crippen molar-refractivity contribution in [3.05, 3.63) is 116 Å². The van der Waals surface area contributed by atoms with Gasteiger partial charge < -0.3 is 32.7 Å². The molecule has 0 unspecified atom stereocenters. The second-order valence-electron chi connectivity index (χ2n) is 10.2. The molecular weight excluding hydrogens is 689 g/mol. The minimum absolute atomic E-state index is 0.124. The summed E-state index contributed by atoms with van der Waals surface area (Å²) in [5, 5.41) is 4.09. The van der Waals surface area contributed by atoms with E-state index in [-0.39, 0.29) is 19.2 Å². The average Bonchev–Trinajstić information content (AvgIpc) is 3.79. The predicted octanol–water partition coefficient (Wildman–Crippen LogP) is 6.95. The van der Waals surface area contributed by atoms with Crippen molar-refractivity contribution < 1.29 is 32.9 Å². The van der Waals surface area contributed by atoms with Crippen molar-refractivity contribution in [1.29, 1.82) is 0 Å². The number of carbonyl (C=O) groups is 1. The number of fused-ring (bicyclic) bond motifs is 1. The fraction of sp³-hybridized carbons (Fsp3) is 0.176. The normalized spacial score (nSPS) is 12.0. The average molecular weight is 720 g/mol. The third kappa shape index (κ3) is 6.93. The summed E-state index contributed by atoms with van der Waals surface area (Å²) in [5.74, 6) is 3.41. The molecule has 0 fully saturated rings. The summed E-state index contributed by atoms with van der Waals surface area (Å²) in [4.78, 5) is 12.6. The van der Waals surface area contributed by atoms with Gasteiger partial charge in [-0.05, 0) is 120 Å². The van der Waals surface area contributed by atoms with E-state index < -0.39 is 5.91 Å². The summed E-state index contributed by atoms with van der Waals surface area (Å²) < 4.78 is 37.0. The highest BCUT2D eigenvalue weighted by atomic mass is 127. The standard InChI is InChI=1S/C34H30IN3O7/c1-21-4-5-22(2)38(21)25-7-9-26(10-8-25)41-19-27-11-13-30(45-27)34(39)37-36-17-24-14-28(35)33(32(16-24)40-3)42-18-23-6-12-29-31(15-23)44-20-43-29/h4-17H,18-20H2,1-3H3,(H,37,39)/b36-17+. The molecule has 0 aliphatic carbocycles. The first kappa shape index (κ1) is 30.1. The maximum absolute atomic E-state index is 12.6. The molecule has 0 atom stereocenters. The Hall–Kier alpha value is -4.91. The Balaban J connectivity index is 1.02. The van der Waals surface area contributed by atoms with Gasteiger partial charge in [0, 0.05) is 17.1 Å². The fourth-order valence-electron chi connectivity index (χ4n) is 4.86. The molecule has 3 aromatic carbocycles. The van der Waals surface area contributed by atoms with Crippen molar-refractivity contribution in [1.82, 2.24) is 9.99 Å². The lowest BCUT2D eigenvalue weighted by Gasteiger charge is -2.14. The lowest BCUT2D eigenvalue weighted by molar-refractivity contribution is 0.0923. The Morgan fingerprint density at radius 3 is 2.49 bits per heavy atom. The SMILES string of the molecule is COc1cc(/C=N/NC(=O)c2ccc(COc3ccc(-n4c(C)ccc4C)cc3)o2)cc(I)c1OCc1ccc2c(c1)OCO2. The lowest BCUT2D eigenvalue weighted by atomic mass is 10.2. The number of carbonyl (C=O) groups excluding carboxylic acids is 1. The number of methoxy groups -OCH3 is 1. The number of rotatable bonds is 11. The van der Waals surface area contributed by atoms with Crippen molar-refractivity contribution in [2.45, 2.75) is 27.1 Å². The van der Waals surface area contributed by atoms with Gasteiger partial charge >= 0.3 is 5.91 Å². The molecule has 1 aliphatic rings. The molecule has 0 bridgehead atoms. The van der Waals surface area contributed by atoms with Crippen LogP contribution < -0.4 is 29.1 Å². The van der Waals surface area contributed by atoms with E-state index in [9.17, 15) is 4.79 Å². The number of aryl methyl sites for hydroxylation is 2. The minimum Gasteiger partial charge on any atom is -0.493 e. The molecule has 45 heavy (non-hydrogen) atoms. The highest BCUT2D eigenvalue weighted by Gasteiger charge is 2.16. The largest absolute Gasteiger partial charge is 0.493 e. The molecule has 1 N–H and O–H groups in total. The molecule has 0 radical (unpaired) electrons. The van der Waals surface area contributed by atoms with E-state index in [1.165, 1.54) is 17.6 Å². The van der Waals surface area contributed by atoms with Crippen LogP contribution in [-0.2, 0) is 13.2 Å². The van der Waals surface area contributed by atoms with E-state index in [2.05, 4.69) is 63.7 Å². The topological polar surface area (TPSA) is 106 Å². The molecule has 2 aromatic heterocycles. The quantitative estimate of drug-likeness (QED) is 0.0895. The minimum atomic E-state index is -0.482. The van der Waals surface area contributed by atoms with Gasteiger partial charge in [-0.25, -0.2) is 5.43 Å². The number of nitrogens with one attached hydrogen (secondary N) is 1. The molecule has 3 heterocycles. The molecule has 10 nitrogen and oxygen atoms in total. The highest BCUT2D eigenvalue weighted by Crippen LogP contribution is 2.36. The number of ether oxygens (including phenoxy) is 5. The maximum Gasteiger partial charge on any atom is 0.307 e. The second kappa shape index (κ2) is 13.4. The predicted molar refractivity (Wildman–Crippen MR) is 176 cm³/mol. The lowest BCUT2D eigenvalue weighted by Crippen LogP contribution is -2.16. The van der Waals surface area contributed by atoms with Crippen LogP contribution in [0.2, 0.25) is 0 Å². The van der Waals surface area contributed by atoms with Crippen LogP contribution in [0.15, 0.2) is 88.4 Å². The van der Waals surface area contributed by atoms with E-state index in [0.717, 1.165) is 20.6 Å². The molecule has 1 amide bonds. The number of benzene rings is 3. The van der Waals surface area contributed by atoms with Crippen LogP contribution in [0.5, 0.6) is 28.7 Å². The van der Waals surface area contributed by atoms with Crippen LogP contribution in [0.25, 0.3) is 5.69 Å². The third-order valence-corrected chi connectivity index (χ3v) is 7.89. The van der Waals surface area contributed by atoms with Gasteiger partial charge in [-0.2, -0.15) is 5.10 Å². The summed E-state index contributed by atoms with van der Waals surface area (Å²) in [6.45, 7) is 4.87. The Bertz CT molecular complexity index is 1840. The highest BCUT2D eigenvalue weighted by molar-refractivity contribution is 14.1. The molecular formula is C34H30IN3O7. The van der Waals surface area contributed by atoms with Gasteiger partial charge in [0.2, 0.25) is 6.79 Å². The number of amides is 1. The number of furan rings is 1. The van der Waals surface area contributed by atoms with Crippen LogP contribution in [0, 0.1) is 17.4 Å². The fourth-order valence-corrected chi connectivity index (χ4v) is 5.64. The van der Waals surface area contributed by atoms with Crippen molar-refractivity contribution in [3.63, 3.8) is 0 Å². The molecule has 0 spiro atoms. The third-order valence-electron chi connectivity index (χ3n) is 7.08. The molecule has 230 valence electrons. The van der Waals surface area contributed by atoms with Crippen molar-refractivity contribution in [2.75, 3.05) is 13.9 Å². The first-order chi connectivity index (χ1) is 21.9. The van der Waals surface area contributed by atoms with Gasteiger partial charge in [0.05, 0.1) is 16.9 Å². The summed E-state index contributed by atoms with van der Waals surface area (Å²) in [5.41, 5.74) is 7.55. The van der Waals surface area contributed by atoms with Crippen LogP contribution in [0.1, 0.15) is 38.8 Å². The maximum atomic E-state index is 12.6. The van der Waals surface area contributed by atoms with Gasteiger partial charge in [0.15, 0.2) is 28.8 Å². The monoisotopic (exact) mass is 719 g/mol. The van der Waals surface area contributed by atoms with Gasteiger partial charge in [-0.3, -0.25) is 4.79 Å². The van der Waals surface area contributed by atoms with E-state index in [1.807, 2.05) is 48.5 Å². The Morgan fingerprint density at radius 2 is 1.71 bits per heavy atom. The molecule has 0 saturated carbocycles. The summed E-state index contributed by atoms with van der Waals surface area (Å²) in [6, 6.07) is 24.6. The van der Waals surface area contributed by atoms with E-state index in [4.69, 9.17) is 28.1 Å². The van der Waals surface area contributed by atoms with Gasteiger partial charge in [-0.15, -0.1) is 0 Å². The van der Waals surface area contributed by atoms with Crippen molar-refractivity contribution in [2.24, 2.45) is 5.10 Å². The number of hydrazone groups is 1. The second-order valence-corrected chi connectivity index (χ2v) is 11.4. The van der Waals surface area contributed by atoms with Crippen LogP contribution in [-0.4, -0.2) is 30.6 Å². The van der Waals surface area contributed by atoms with Gasteiger partial charge in [-0.1, -0.05) is 6.07 Å². The summed E-state index contributed by atoms with van der Waals surface area (Å²) >= 11 is 2.18. The number of aromatic nitrogens is 1. The number of nitrogens with zero attached hydrogens (tertiary/aromatic N) is 2. The molecule has 6 rings (SSSR count). The number of hydrogen-bond acceptors (Lipinski definition) is 8. The zero-order valence-corrected chi connectivity index (χ0v) is 27.0. The molecule has 11 heteroatoms. The van der Waals surface area contributed by atoms with Crippen LogP contribution in [0.3, 0.4) is 0 Å². The zero-order valence-electron chi connectivity index (χ0n) is 24.8. The molecule has 1 aliphatic heterocycles. The van der Waals surface area contributed by atoms with Gasteiger partial charge in [0.25, 0.3) is 0 Å². The number of hydrogen-bond donors (Lipinski definition) is 1. The van der Waals surface area contributed by atoms with E-state index in [0.29, 0.717) is 40.9 Å². The van der Waals surface area contributed by atoms with Crippen molar-refractivity contribution >= 4 is 34.7 Å². The smallest absolute Gasteiger partial charge is 0.307 e. The van der Waals surface area contributed by atoms with Crippen molar-refractivity contribution in [3.8, 4) is 34.4 Å². The Morgan fingerprint density at radius 1 is 0.933 bits per heavy atom. The van der Waals surface area contributed by atoms with E-state index in [1.54, 1.807) is 25.3 Å². The van der Waals surface area contributed by atoms with Crippen LogP contribution >= 0.6 is 22.6 Å². The number of halogens is 1. The summed E-state index contributed by atoms with van der Waals surface area (Å²) in [7, 11) is 1.57. The first-order valence-electron chi connectivity index (χ1n) is 14.1. The molecule has 0 saturated heterocycles. The Labute approximate surface area is 273 Å². The van der Waals surface area contributed by atoms with Crippen LogP contribution in [0.4, 0.5) is 0 Å². The first-order valence-corrected chi connectivity index (χ1v) is 15.1. The molecule has 5 aromatic rings.